The highest BCUT2D eigenvalue weighted by Gasteiger charge is 2.11. The molecule has 0 aliphatic heterocycles. The Morgan fingerprint density at radius 2 is 2.12 bits per heavy atom. The van der Waals surface area contributed by atoms with Gasteiger partial charge in [-0.2, -0.15) is 0 Å². The van der Waals surface area contributed by atoms with E-state index in [0.717, 1.165) is 25.0 Å². The van der Waals surface area contributed by atoms with Gasteiger partial charge >= 0.3 is 0 Å². The van der Waals surface area contributed by atoms with E-state index in [4.69, 9.17) is 17.4 Å². The lowest BCUT2D eigenvalue weighted by Crippen LogP contribution is -2.37. The molecule has 5 heteroatoms. The van der Waals surface area contributed by atoms with Gasteiger partial charge in [-0.3, -0.25) is 11.3 Å². The van der Waals surface area contributed by atoms with Gasteiger partial charge in [0.25, 0.3) is 0 Å². The van der Waals surface area contributed by atoms with E-state index in [1.807, 2.05) is 0 Å². The first-order valence-corrected chi connectivity index (χ1v) is 5.67. The molecular weight excluding hydrogens is 234 g/mol. The highest BCUT2D eigenvalue weighted by atomic mass is 35.5. The van der Waals surface area contributed by atoms with Crippen molar-refractivity contribution in [1.82, 2.24) is 5.43 Å². The molecule has 16 heavy (non-hydrogen) atoms. The number of rotatable bonds is 6. The van der Waals surface area contributed by atoms with E-state index >= 15 is 0 Å². The second kappa shape index (κ2) is 6.78. The normalized spacial score (nSPS) is 12.8. The molecule has 1 rings (SSSR count). The van der Waals surface area contributed by atoms with Gasteiger partial charge in [0.2, 0.25) is 0 Å². The van der Waals surface area contributed by atoms with Crippen LogP contribution in [0.15, 0.2) is 18.2 Å². The Labute approximate surface area is 98.8 Å². The molecule has 0 aliphatic rings. The molecule has 0 radical (unpaired) electrons. The number of benzene rings is 1. The average Bonchev–Trinajstić information content (AvgIpc) is 2.28. The molecule has 90 valence electrons. The maximum atomic E-state index is 13.3. The Kier molecular flexibility index (Phi) is 5.66. The molecule has 0 saturated carbocycles. The lowest BCUT2D eigenvalue weighted by Gasteiger charge is -2.15. The van der Waals surface area contributed by atoms with Crippen molar-refractivity contribution in [3.63, 3.8) is 0 Å². The van der Waals surface area contributed by atoms with Crippen molar-refractivity contribution >= 4 is 11.6 Å². The molecular formula is C11H15ClF2N2. The fourth-order valence-electron chi connectivity index (χ4n) is 1.53. The van der Waals surface area contributed by atoms with Crippen molar-refractivity contribution in [1.29, 1.82) is 0 Å². The van der Waals surface area contributed by atoms with Gasteiger partial charge in [-0.05, 0) is 43.0 Å². The molecule has 0 fully saturated rings. The average molecular weight is 249 g/mol. The predicted molar refractivity (Wildman–Crippen MR) is 61.1 cm³/mol. The molecule has 0 saturated heterocycles. The molecule has 0 aliphatic carbocycles. The lowest BCUT2D eigenvalue weighted by atomic mass is 10.0. The summed E-state index contributed by atoms with van der Waals surface area (Å²) in [6.07, 6.45) is 1.88. The Balaban J connectivity index is 2.65. The van der Waals surface area contributed by atoms with Crippen molar-refractivity contribution in [2.24, 2.45) is 5.84 Å². The number of hydrazine groups is 1. The van der Waals surface area contributed by atoms with Crippen LogP contribution in [0.3, 0.4) is 0 Å². The SMILES string of the molecule is NNC(CCCCl)Cc1cc(F)ccc1F. The molecule has 0 heterocycles. The van der Waals surface area contributed by atoms with Gasteiger partial charge in [0.1, 0.15) is 11.6 Å². The monoisotopic (exact) mass is 248 g/mol. The van der Waals surface area contributed by atoms with Crippen LogP contribution in [-0.4, -0.2) is 11.9 Å². The Morgan fingerprint density at radius 3 is 2.75 bits per heavy atom. The highest BCUT2D eigenvalue weighted by Crippen LogP contribution is 2.13. The predicted octanol–water partition coefficient (Wildman–Crippen LogP) is 2.36. The number of nitrogens with one attached hydrogen (secondary N) is 1. The summed E-state index contributed by atoms with van der Waals surface area (Å²) >= 11 is 5.56. The van der Waals surface area contributed by atoms with E-state index in [1.165, 1.54) is 6.07 Å². The van der Waals surface area contributed by atoms with Crippen LogP contribution in [0.25, 0.3) is 0 Å². The first-order chi connectivity index (χ1) is 7.67. The first kappa shape index (κ1) is 13.4. The lowest BCUT2D eigenvalue weighted by molar-refractivity contribution is 0.474. The molecule has 1 unspecified atom stereocenters. The van der Waals surface area contributed by atoms with Crippen LogP contribution in [0.4, 0.5) is 8.78 Å². The fourth-order valence-corrected chi connectivity index (χ4v) is 1.69. The van der Waals surface area contributed by atoms with Gasteiger partial charge in [0.05, 0.1) is 0 Å². The Hall–Kier alpha value is -0.710. The zero-order valence-corrected chi connectivity index (χ0v) is 9.61. The topological polar surface area (TPSA) is 38.0 Å². The van der Waals surface area contributed by atoms with Crippen LogP contribution in [0.2, 0.25) is 0 Å². The first-order valence-electron chi connectivity index (χ1n) is 5.13. The van der Waals surface area contributed by atoms with Crippen molar-refractivity contribution in [3.8, 4) is 0 Å². The Morgan fingerprint density at radius 1 is 1.38 bits per heavy atom. The summed E-state index contributed by atoms with van der Waals surface area (Å²) in [5.41, 5.74) is 2.92. The molecule has 1 aromatic rings. The summed E-state index contributed by atoms with van der Waals surface area (Å²) in [6, 6.07) is 3.33. The van der Waals surface area contributed by atoms with Crippen molar-refractivity contribution in [2.75, 3.05) is 5.88 Å². The quantitative estimate of drug-likeness (QED) is 0.461. The molecule has 3 N–H and O–H groups in total. The third-order valence-electron chi connectivity index (χ3n) is 2.40. The van der Waals surface area contributed by atoms with Gasteiger partial charge in [0, 0.05) is 11.9 Å². The van der Waals surface area contributed by atoms with E-state index in [0.29, 0.717) is 17.9 Å². The molecule has 0 aromatic heterocycles. The van der Waals surface area contributed by atoms with E-state index in [9.17, 15) is 8.78 Å². The van der Waals surface area contributed by atoms with Crippen molar-refractivity contribution < 1.29 is 8.78 Å². The van der Waals surface area contributed by atoms with Crippen molar-refractivity contribution in [3.05, 3.63) is 35.4 Å². The summed E-state index contributed by atoms with van der Waals surface area (Å²) in [7, 11) is 0. The van der Waals surface area contributed by atoms with E-state index < -0.39 is 11.6 Å². The second-order valence-electron chi connectivity index (χ2n) is 3.63. The molecule has 0 amide bonds. The molecule has 0 spiro atoms. The van der Waals surface area contributed by atoms with Gasteiger partial charge in [0.15, 0.2) is 0 Å². The highest BCUT2D eigenvalue weighted by molar-refractivity contribution is 6.17. The summed E-state index contributed by atoms with van der Waals surface area (Å²) in [5.74, 6) is 5.02. The number of halogens is 3. The van der Waals surface area contributed by atoms with E-state index in [2.05, 4.69) is 5.43 Å². The van der Waals surface area contributed by atoms with Gasteiger partial charge in [-0.25, -0.2) is 8.78 Å². The van der Waals surface area contributed by atoms with Crippen LogP contribution in [0.5, 0.6) is 0 Å². The Bertz CT molecular complexity index is 334. The second-order valence-corrected chi connectivity index (χ2v) is 4.01. The fraction of sp³-hybridized carbons (Fsp3) is 0.455. The summed E-state index contributed by atoms with van der Waals surface area (Å²) < 4.78 is 26.2. The van der Waals surface area contributed by atoms with E-state index in [1.54, 1.807) is 0 Å². The summed E-state index contributed by atoms with van der Waals surface area (Å²) in [5, 5.41) is 0. The zero-order chi connectivity index (χ0) is 12.0. The largest absolute Gasteiger partial charge is 0.271 e. The summed E-state index contributed by atoms with van der Waals surface area (Å²) in [6.45, 7) is 0. The van der Waals surface area contributed by atoms with Crippen LogP contribution in [0, 0.1) is 11.6 Å². The zero-order valence-electron chi connectivity index (χ0n) is 8.85. The van der Waals surface area contributed by atoms with Crippen LogP contribution < -0.4 is 11.3 Å². The van der Waals surface area contributed by atoms with Crippen molar-refractivity contribution in [2.45, 2.75) is 25.3 Å². The molecule has 1 aromatic carbocycles. The summed E-state index contributed by atoms with van der Waals surface area (Å²) in [4.78, 5) is 0. The number of hydrogen-bond acceptors (Lipinski definition) is 2. The standard InChI is InChI=1S/C11H15ClF2N2/c12-5-1-2-10(16-15)7-8-6-9(13)3-4-11(8)14/h3-4,6,10,16H,1-2,5,7,15H2. The minimum atomic E-state index is -0.440. The van der Waals surface area contributed by atoms with Gasteiger partial charge in [-0.15, -0.1) is 11.6 Å². The molecule has 2 nitrogen and oxygen atoms in total. The smallest absolute Gasteiger partial charge is 0.126 e. The third-order valence-corrected chi connectivity index (χ3v) is 2.66. The minimum absolute atomic E-state index is 0.0879. The van der Waals surface area contributed by atoms with Crippen LogP contribution >= 0.6 is 11.6 Å². The van der Waals surface area contributed by atoms with Gasteiger partial charge < -0.3 is 0 Å². The van der Waals surface area contributed by atoms with Gasteiger partial charge in [-0.1, -0.05) is 0 Å². The third kappa shape index (κ3) is 4.04. The van der Waals surface area contributed by atoms with Crippen LogP contribution in [-0.2, 0) is 6.42 Å². The maximum absolute atomic E-state index is 13.3. The molecule has 0 bridgehead atoms. The van der Waals surface area contributed by atoms with Crippen LogP contribution in [0.1, 0.15) is 18.4 Å². The molecule has 1 atom stereocenters. The number of alkyl halides is 1. The number of nitrogens with two attached hydrogens (primary N) is 1. The van der Waals surface area contributed by atoms with E-state index in [-0.39, 0.29) is 6.04 Å². The maximum Gasteiger partial charge on any atom is 0.126 e. The number of hydrogen-bond donors (Lipinski definition) is 2. The minimum Gasteiger partial charge on any atom is -0.271 e.